The minimum atomic E-state index is -3.83. The number of nitrogens with one attached hydrogen (secondary N) is 1. The molecule has 1 unspecified atom stereocenters. The molecule has 0 fully saturated rings. The summed E-state index contributed by atoms with van der Waals surface area (Å²) in [6, 6.07) is 10.0. The molecule has 0 bridgehead atoms. The van der Waals surface area contributed by atoms with Gasteiger partial charge in [0.05, 0.1) is 5.69 Å². The lowest BCUT2D eigenvalue weighted by Crippen LogP contribution is -2.27. The zero-order chi connectivity index (χ0) is 15.6. The molecule has 7 heteroatoms. The lowest BCUT2D eigenvalue weighted by atomic mass is 10.1. The fraction of sp³-hybridized carbons (Fsp3) is 0.143. The number of halogens is 2. The summed E-state index contributed by atoms with van der Waals surface area (Å²) in [5.74, 6) is -0.578. The molecule has 0 aliphatic heterocycles. The summed E-state index contributed by atoms with van der Waals surface area (Å²) < 4.78 is 41.0. The van der Waals surface area contributed by atoms with E-state index in [4.69, 9.17) is 5.73 Å². The molecule has 112 valence electrons. The van der Waals surface area contributed by atoms with Crippen LogP contribution in [0.1, 0.15) is 18.5 Å². The molecule has 2 rings (SSSR count). The molecule has 0 aliphatic rings. The van der Waals surface area contributed by atoms with Gasteiger partial charge in [-0.05, 0) is 36.8 Å². The lowest BCUT2D eigenvalue weighted by molar-refractivity contribution is 0.566. The van der Waals surface area contributed by atoms with E-state index in [9.17, 15) is 12.8 Å². The van der Waals surface area contributed by atoms with Crippen molar-refractivity contribution < 1.29 is 12.8 Å². The normalized spacial score (nSPS) is 13.1. The summed E-state index contributed by atoms with van der Waals surface area (Å²) in [6.07, 6.45) is 0. The van der Waals surface area contributed by atoms with Gasteiger partial charge >= 0.3 is 0 Å². The fourth-order valence-electron chi connectivity index (χ4n) is 1.95. The number of anilines is 1. The van der Waals surface area contributed by atoms with Crippen molar-refractivity contribution in [1.29, 1.82) is 0 Å². The topological polar surface area (TPSA) is 72.2 Å². The van der Waals surface area contributed by atoms with Gasteiger partial charge in [0, 0.05) is 10.5 Å². The quantitative estimate of drug-likeness (QED) is 0.809. The molecule has 3 N–H and O–H groups in total. The van der Waals surface area contributed by atoms with Crippen molar-refractivity contribution in [2.24, 2.45) is 0 Å². The molecule has 21 heavy (non-hydrogen) atoms. The van der Waals surface area contributed by atoms with Crippen molar-refractivity contribution in [2.45, 2.75) is 17.9 Å². The van der Waals surface area contributed by atoms with Gasteiger partial charge in [-0.25, -0.2) is 17.5 Å². The number of hydrogen-bond acceptors (Lipinski definition) is 3. The molecule has 2 aromatic carbocycles. The first-order valence-corrected chi connectivity index (χ1v) is 8.40. The average Bonchev–Trinajstić information content (AvgIpc) is 2.37. The van der Waals surface area contributed by atoms with Gasteiger partial charge in [-0.2, -0.15) is 0 Å². The van der Waals surface area contributed by atoms with Gasteiger partial charge in [0.25, 0.3) is 0 Å². The molecule has 0 saturated heterocycles. The highest BCUT2D eigenvalue weighted by Crippen LogP contribution is 2.26. The summed E-state index contributed by atoms with van der Waals surface area (Å²) in [4.78, 5) is -0.136. The van der Waals surface area contributed by atoms with Gasteiger partial charge in [0.2, 0.25) is 10.0 Å². The Labute approximate surface area is 131 Å². The largest absolute Gasteiger partial charge is 0.398 e. The summed E-state index contributed by atoms with van der Waals surface area (Å²) in [5.41, 5.74) is 6.25. The molecule has 0 aromatic heterocycles. The van der Waals surface area contributed by atoms with Crippen LogP contribution in [0.2, 0.25) is 0 Å². The fourth-order valence-corrected chi connectivity index (χ4v) is 3.91. The van der Waals surface area contributed by atoms with Crippen LogP contribution in [-0.2, 0) is 10.0 Å². The number of nitrogen functional groups attached to an aromatic ring is 1. The van der Waals surface area contributed by atoms with Crippen molar-refractivity contribution in [3.63, 3.8) is 0 Å². The van der Waals surface area contributed by atoms with Crippen LogP contribution in [0.3, 0.4) is 0 Å². The zero-order valence-corrected chi connectivity index (χ0v) is 13.6. The van der Waals surface area contributed by atoms with E-state index in [1.54, 1.807) is 6.92 Å². The van der Waals surface area contributed by atoms with Crippen LogP contribution in [0.15, 0.2) is 51.8 Å². The van der Waals surface area contributed by atoms with E-state index < -0.39 is 21.9 Å². The first-order chi connectivity index (χ1) is 9.81. The van der Waals surface area contributed by atoms with Crippen molar-refractivity contribution >= 4 is 31.6 Å². The Kier molecular flexibility index (Phi) is 4.65. The Morgan fingerprint density at radius 2 is 1.90 bits per heavy atom. The van der Waals surface area contributed by atoms with Crippen molar-refractivity contribution in [3.8, 4) is 0 Å². The van der Waals surface area contributed by atoms with Gasteiger partial charge in [0.15, 0.2) is 0 Å². The van der Waals surface area contributed by atoms with Crippen LogP contribution >= 0.6 is 15.9 Å². The second kappa shape index (κ2) is 6.13. The third-order valence-corrected chi connectivity index (χ3v) is 5.30. The zero-order valence-electron chi connectivity index (χ0n) is 11.2. The summed E-state index contributed by atoms with van der Waals surface area (Å²) in [6.45, 7) is 1.72. The van der Waals surface area contributed by atoms with Crippen LogP contribution < -0.4 is 10.5 Å². The minimum absolute atomic E-state index is 0.123. The molecular weight excluding hydrogens is 359 g/mol. The molecule has 0 spiro atoms. The lowest BCUT2D eigenvalue weighted by Gasteiger charge is -2.17. The Hall–Kier alpha value is -1.44. The van der Waals surface area contributed by atoms with Gasteiger partial charge in [-0.1, -0.05) is 34.1 Å². The van der Waals surface area contributed by atoms with Crippen LogP contribution in [0.5, 0.6) is 0 Å². The van der Waals surface area contributed by atoms with E-state index in [1.165, 1.54) is 0 Å². The third kappa shape index (κ3) is 3.61. The number of sulfonamides is 1. The van der Waals surface area contributed by atoms with Gasteiger partial charge in [-0.3, -0.25) is 0 Å². The monoisotopic (exact) mass is 372 g/mol. The minimum Gasteiger partial charge on any atom is -0.398 e. The maximum Gasteiger partial charge on any atom is 0.243 e. The molecular formula is C14H14BrFN2O2S. The number of rotatable bonds is 4. The van der Waals surface area contributed by atoms with E-state index >= 15 is 0 Å². The average molecular weight is 373 g/mol. The van der Waals surface area contributed by atoms with Crippen LogP contribution in [0.25, 0.3) is 0 Å². The highest BCUT2D eigenvalue weighted by molar-refractivity contribution is 9.10. The smallest absolute Gasteiger partial charge is 0.243 e. The molecule has 2 aromatic rings. The van der Waals surface area contributed by atoms with E-state index in [0.29, 0.717) is 0 Å². The predicted molar refractivity (Wildman–Crippen MR) is 83.7 cm³/mol. The molecule has 1 atom stereocenters. The Balaban J connectivity index is 2.31. The van der Waals surface area contributed by atoms with E-state index in [1.807, 2.05) is 24.3 Å². The first kappa shape index (κ1) is 15.9. The van der Waals surface area contributed by atoms with Crippen LogP contribution in [0.4, 0.5) is 10.1 Å². The maximum absolute atomic E-state index is 13.0. The molecule has 0 saturated carbocycles. The van der Waals surface area contributed by atoms with Crippen LogP contribution in [0, 0.1) is 5.82 Å². The molecule has 0 heterocycles. The van der Waals surface area contributed by atoms with E-state index in [0.717, 1.165) is 28.2 Å². The molecule has 0 radical (unpaired) electrons. The highest BCUT2D eigenvalue weighted by Gasteiger charge is 2.22. The van der Waals surface area contributed by atoms with Gasteiger partial charge < -0.3 is 5.73 Å². The van der Waals surface area contributed by atoms with Gasteiger partial charge in [-0.15, -0.1) is 0 Å². The van der Waals surface area contributed by atoms with Crippen molar-refractivity contribution in [1.82, 2.24) is 4.72 Å². The first-order valence-electron chi connectivity index (χ1n) is 6.13. The Morgan fingerprint density at radius 3 is 2.52 bits per heavy atom. The molecule has 4 nitrogen and oxygen atoms in total. The number of hydrogen-bond donors (Lipinski definition) is 2. The predicted octanol–water partition coefficient (Wildman–Crippen LogP) is 3.21. The Bertz CT molecular complexity index is 765. The third-order valence-electron chi connectivity index (χ3n) is 2.97. The number of benzene rings is 2. The van der Waals surface area contributed by atoms with Crippen molar-refractivity contribution in [3.05, 3.63) is 58.3 Å². The van der Waals surface area contributed by atoms with Crippen molar-refractivity contribution in [2.75, 3.05) is 5.73 Å². The van der Waals surface area contributed by atoms with E-state index in [-0.39, 0.29) is 10.6 Å². The number of nitrogens with two attached hydrogens (primary N) is 1. The standard InChI is InChI=1S/C14H14BrFN2O2S/c1-9(11-4-2-3-5-12(11)15)18-21(19,20)14-7-6-10(16)8-13(14)17/h2-9,18H,17H2,1H3. The molecule has 0 amide bonds. The SMILES string of the molecule is CC(NS(=O)(=O)c1ccc(F)cc1N)c1ccccc1Br. The van der Waals surface area contributed by atoms with E-state index in [2.05, 4.69) is 20.7 Å². The Morgan fingerprint density at radius 1 is 1.24 bits per heavy atom. The maximum atomic E-state index is 13.0. The second-order valence-electron chi connectivity index (χ2n) is 4.55. The second-order valence-corrected chi connectivity index (χ2v) is 7.08. The summed E-state index contributed by atoms with van der Waals surface area (Å²) in [7, 11) is -3.83. The summed E-state index contributed by atoms with van der Waals surface area (Å²) in [5, 5.41) is 0. The molecule has 0 aliphatic carbocycles. The summed E-state index contributed by atoms with van der Waals surface area (Å²) >= 11 is 3.38. The van der Waals surface area contributed by atoms with Gasteiger partial charge in [0.1, 0.15) is 10.7 Å². The van der Waals surface area contributed by atoms with Crippen LogP contribution in [-0.4, -0.2) is 8.42 Å². The highest BCUT2D eigenvalue weighted by atomic mass is 79.9.